The molecule has 3 rings (SSSR count). The molecule has 0 unspecified atom stereocenters. The minimum Gasteiger partial charge on any atom is -0.283 e. The third-order valence-corrected chi connectivity index (χ3v) is 4.23. The van der Waals surface area contributed by atoms with E-state index in [1.54, 1.807) is 0 Å². The first-order valence-electron chi connectivity index (χ1n) is 7.52. The Bertz CT molecular complexity index is 659. The summed E-state index contributed by atoms with van der Waals surface area (Å²) in [6, 6.07) is 7.47. The van der Waals surface area contributed by atoms with Gasteiger partial charge in [-0.2, -0.15) is 5.10 Å². The van der Waals surface area contributed by atoms with Gasteiger partial charge in [-0.25, -0.2) is 5.01 Å². The fourth-order valence-corrected chi connectivity index (χ4v) is 2.84. The average Bonchev–Trinajstić information content (AvgIpc) is 2.91. The number of hydrogen-bond donors (Lipinski definition) is 2. The normalized spacial score (nSPS) is 15.7. The molecule has 2 heterocycles. The molecule has 2 N–H and O–H groups in total. The highest BCUT2D eigenvalue weighted by molar-refractivity contribution is 6.30. The van der Waals surface area contributed by atoms with Crippen LogP contribution in [0.5, 0.6) is 0 Å². The SMILES string of the molecule is Cc1c(C(=O)NN2CCCCC2)n[nH]c1-c1ccc(Cl)cc1. The minimum absolute atomic E-state index is 0.157. The molecule has 1 aliphatic heterocycles. The van der Waals surface area contributed by atoms with Crippen LogP contribution in [0.15, 0.2) is 24.3 Å². The van der Waals surface area contributed by atoms with Crippen molar-refractivity contribution in [1.29, 1.82) is 0 Å². The summed E-state index contributed by atoms with van der Waals surface area (Å²) in [6.07, 6.45) is 3.47. The zero-order valence-corrected chi connectivity index (χ0v) is 13.3. The first-order valence-corrected chi connectivity index (χ1v) is 7.90. The predicted octanol–water partition coefficient (Wildman–Crippen LogP) is 3.17. The van der Waals surface area contributed by atoms with Gasteiger partial charge >= 0.3 is 0 Å². The first-order chi connectivity index (χ1) is 10.6. The van der Waals surface area contributed by atoms with E-state index >= 15 is 0 Å². The highest BCUT2D eigenvalue weighted by Crippen LogP contribution is 2.24. The van der Waals surface area contributed by atoms with E-state index in [4.69, 9.17) is 11.6 Å². The maximum absolute atomic E-state index is 12.4. The van der Waals surface area contributed by atoms with E-state index in [-0.39, 0.29) is 5.91 Å². The molecule has 0 atom stereocenters. The number of aromatic amines is 1. The highest BCUT2D eigenvalue weighted by atomic mass is 35.5. The monoisotopic (exact) mass is 318 g/mol. The molecule has 0 bridgehead atoms. The van der Waals surface area contributed by atoms with E-state index in [0.29, 0.717) is 10.7 Å². The molecule has 0 saturated carbocycles. The van der Waals surface area contributed by atoms with Crippen LogP contribution in [-0.2, 0) is 0 Å². The number of benzene rings is 1. The number of aromatic nitrogens is 2. The number of nitrogens with zero attached hydrogens (tertiary/aromatic N) is 2. The molecule has 22 heavy (non-hydrogen) atoms. The number of piperidine rings is 1. The lowest BCUT2D eigenvalue weighted by Crippen LogP contribution is -2.45. The maximum Gasteiger partial charge on any atom is 0.286 e. The van der Waals surface area contributed by atoms with Crippen LogP contribution in [0, 0.1) is 6.92 Å². The molecule has 1 aromatic heterocycles. The number of hydrogen-bond acceptors (Lipinski definition) is 3. The zero-order valence-electron chi connectivity index (χ0n) is 12.5. The summed E-state index contributed by atoms with van der Waals surface area (Å²) in [5.41, 5.74) is 6.04. The lowest BCUT2D eigenvalue weighted by molar-refractivity contribution is 0.0744. The maximum atomic E-state index is 12.4. The van der Waals surface area contributed by atoms with E-state index in [2.05, 4.69) is 15.6 Å². The Hall–Kier alpha value is -1.85. The second-order valence-electron chi connectivity index (χ2n) is 5.57. The van der Waals surface area contributed by atoms with Gasteiger partial charge in [-0.3, -0.25) is 15.3 Å². The van der Waals surface area contributed by atoms with Crippen molar-refractivity contribution < 1.29 is 4.79 Å². The van der Waals surface area contributed by atoms with Crippen molar-refractivity contribution in [3.05, 3.63) is 40.5 Å². The number of carbonyl (C=O) groups excluding carboxylic acids is 1. The molecule has 1 amide bonds. The van der Waals surface area contributed by atoms with Crippen molar-refractivity contribution in [3.63, 3.8) is 0 Å². The van der Waals surface area contributed by atoms with Crippen molar-refractivity contribution in [2.24, 2.45) is 0 Å². The van der Waals surface area contributed by atoms with Crippen molar-refractivity contribution in [1.82, 2.24) is 20.6 Å². The fourth-order valence-electron chi connectivity index (χ4n) is 2.72. The minimum atomic E-state index is -0.157. The number of rotatable bonds is 3. The molecule has 0 spiro atoms. The fraction of sp³-hybridized carbons (Fsp3) is 0.375. The Kier molecular flexibility index (Phi) is 4.45. The second kappa shape index (κ2) is 6.50. The van der Waals surface area contributed by atoms with E-state index in [9.17, 15) is 4.79 Å². The largest absolute Gasteiger partial charge is 0.286 e. The van der Waals surface area contributed by atoms with Gasteiger partial charge in [-0.15, -0.1) is 0 Å². The molecule has 0 radical (unpaired) electrons. The smallest absolute Gasteiger partial charge is 0.283 e. The van der Waals surface area contributed by atoms with Crippen molar-refractivity contribution in [2.75, 3.05) is 13.1 Å². The summed E-state index contributed by atoms with van der Waals surface area (Å²) in [6.45, 7) is 3.71. The van der Waals surface area contributed by atoms with E-state index in [0.717, 1.165) is 42.8 Å². The summed E-state index contributed by atoms with van der Waals surface area (Å²) in [5, 5.41) is 9.80. The summed E-state index contributed by atoms with van der Waals surface area (Å²) in [7, 11) is 0. The van der Waals surface area contributed by atoms with E-state index in [1.165, 1.54) is 6.42 Å². The molecule has 116 valence electrons. The standard InChI is InChI=1S/C16H19ClN4O/c1-11-14(12-5-7-13(17)8-6-12)18-19-15(11)16(22)20-21-9-3-2-4-10-21/h5-8H,2-4,9-10H2,1H3,(H,18,19)(H,20,22). The molecule has 1 saturated heterocycles. The number of halogens is 1. The summed E-state index contributed by atoms with van der Waals surface area (Å²) < 4.78 is 0. The molecular weight excluding hydrogens is 300 g/mol. The molecule has 2 aromatic rings. The molecular formula is C16H19ClN4O. The van der Waals surface area contributed by atoms with Crippen LogP contribution in [0.3, 0.4) is 0 Å². The molecule has 0 aliphatic carbocycles. The van der Waals surface area contributed by atoms with E-state index in [1.807, 2.05) is 36.2 Å². The van der Waals surface area contributed by atoms with E-state index < -0.39 is 0 Å². The van der Waals surface area contributed by atoms with Crippen LogP contribution < -0.4 is 5.43 Å². The Morgan fingerprint density at radius 2 is 1.91 bits per heavy atom. The van der Waals surface area contributed by atoms with Gasteiger partial charge in [0.25, 0.3) is 5.91 Å². The molecule has 5 nitrogen and oxygen atoms in total. The van der Waals surface area contributed by atoms with Crippen LogP contribution in [0.25, 0.3) is 11.3 Å². The molecule has 1 aromatic carbocycles. The van der Waals surface area contributed by atoms with Gasteiger partial charge in [0, 0.05) is 23.7 Å². The predicted molar refractivity (Wildman–Crippen MR) is 86.7 cm³/mol. The quantitative estimate of drug-likeness (QED) is 0.913. The van der Waals surface area contributed by atoms with Crippen LogP contribution in [-0.4, -0.2) is 34.2 Å². The molecule has 6 heteroatoms. The van der Waals surface area contributed by atoms with Gasteiger partial charge in [0.2, 0.25) is 0 Å². The van der Waals surface area contributed by atoms with Crippen LogP contribution in [0.1, 0.15) is 35.3 Å². The Labute approximate surface area is 134 Å². The number of carbonyl (C=O) groups is 1. The van der Waals surface area contributed by atoms with Crippen LogP contribution in [0.2, 0.25) is 5.02 Å². The van der Waals surface area contributed by atoms with Gasteiger partial charge in [-0.1, -0.05) is 30.2 Å². The van der Waals surface area contributed by atoms with Crippen molar-refractivity contribution in [2.45, 2.75) is 26.2 Å². The Balaban J connectivity index is 1.77. The lowest BCUT2D eigenvalue weighted by atomic mass is 10.1. The molecule has 1 aliphatic rings. The van der Waals surface area contributed by atoms with Gasteiger partial charge < -0.3 is 0 Å². The average molecular weight is 319 g/mol. The number of amides is 1. The van der Waals surface area contributed by atoms with Gasteiger partial charge in [-0.05, 0) is 37.5 Å². The third kappa shape index (κ3) is 3.15. The third-order valence-electron chi connectivity index (χ3n) is 3.97. The summed E-state index contributed by atoms with van der Waals surface area (Å²) in [4.78, 5) is 12.4. The second-order valence-corrected chi connectivity index (χ2v) is 6.00. The highest BCUT2D eigenvalue weighted by Gasteiger charge is 2.20. The Morgan fingerprint density at radius 1 is 1.23 bits per heavy atom. The Morgan fingerprint density at radius 3 is 2.59 bits per heavy atom. The summed E-state index contributed by atoms with van der Waals surface area (Å²) in [5.74, 6) is -0.157. The first kappa shape index (κ1) is 15.1. The summed E-state index contributed by atoms with van der Waals surface area (Å²) >= 11 is 5.91. The van der Waals surface area contributed by atoms with Gasteiger partial charge in [0.05, 0.1) is 5.69 Å². The number of H-pyrrole nitrogens is 1. The zero-order chi connectivity index (χ0) is 15.5. The molecule has 1 fully saturated rings. The van der Waals surface area contributed by atoms with Crippen LogP contribution in [0.4, 0.5) is 0 Å². The number of hydrazine groups is 1. The number of nitrogens with one attached hydrogen (secondary N) is 2. The van der Waals surface area contributed by atoms with Gasteiger partial charge in [0.1, 0.15) is 0 Å². The lowest BCUT2D eigenvalue weighted by Gasteiger charge is -2.26. The topological polar surface area (TPSA) is 61.0 Å². The van der Waals surface area contributed by atoms with Crippen molar-refractivity contribution >= 4 is 17.5 Å². The van der Waals surface area contributed by atoms with Gasteiger partial charge in [0.15, 0.2) is 5.69 Å². The van der Waals surface area contributed by atoms with Crippen molar-refractivity contribution in [3.8, 4) is 11.3 Å². The van der Waals surface area contributed by atoms with Crippen LogP contribution >= 0.6 is 11.6 Å².